The van der Waals surface area contributed by atoms with Gasteiger partial charge < -0.3 is 23.6 Å². The Balaban J connectivity index is 1.32. The number of hydrogen-bond acceptors (Lipinski definition) is 7. The molecule has 9 heteroatoms. The van der Waals surface area contributed by atoms with Crippen LogP contribution >= 0.6 is 0 Å². The molecule has 4 aromatic rings. The fourth-order valence-electron chi connectivity index (χ4n) is 9.18. The molecule has 0 saturated carbocycles. The second kappa shape index (κ2) is 15.3. The minimum Gasteiger partial charge on any atom is -0.459 e. The van der Waals surface area contributed by atoms with Gasteiger partial charge in [0.05, 0.1) is 12.7 Å². The van der Waals surface area contributed by atoms with Crippen molar-refractivity contribution in [3.63, 3.8) is 0 Å². The molecule has 2 heterocycles. The van der Waals surface area contributed by atoms with Crippen molar-refractivity contribution in [2.45, 2.75) is 77.4 Å². The van der Waals surface area contributed by atoms with Gasteiger partial charge in [-0.2, -0.15) is 0 Å². The molecule has 1 aliphatic heterocycles. The first kappa shape index (κ1) is 37.2. The van der Waals surface area contributed by atoms with Crippen LogP contribution in [-0.2, 0) is 15.7 Å². The van der Waals surface area contributed by atoms with Gasteiger partial charge in [-0.25, -0.2) is 0 Å². The van der Waals surface area contributed by atoms with Gasteiger partial charge in [0.25, 0.3) is 8.32 Å². The maximum atomic E-state index is 14.4. The van der Waals surface area contributed by atoms with Crippen LogP contribution in [0.5, 0.6) is 0 Å². The highest BCUT2D eigenvalue weighted by atomic mass is 28.4. The van der Waals surface area contributed by atoms with E-state index in [4.69, 9.17) is 13.5 Å². The molecule has 0 amide bonds. The third-order valence-corrected chi connectivity index (χ3v) is 16.6. The molecule has 7 rings (SSSR count). The monoisotopic (exact) mass is 728 g/mol. The minimum atomic E-state index is -2.96. The molecule has 0 radical (unpaired) electrons. The van der Waals surface area contributed by atoms with Crippen LogP contribution in [0.15, 0.2) is 118 Å². The number of fused-ring (bicyclic) bond motifs is 4. The Hall–Kier alpha value is -4.12. The van der Waals surface area contributed by atoms with E-state index in [0.717, 1.165) is 23.1 Å². The first-order valence-corrected chi connectivity index (χ1v) is 20.8. The van der Waals surface area contributed by atoms with Gasteiger partial charge >= 0.3 is 7.12 Å². The van der Waals surface area contributed by atoms with E-state index in [1.165, 1.54) is 10.4 Å². The zero-order chi connectivity index (χ0) is 37.3. The summed E-state index contributed by atoms with van der Waals surface area (Å²) in [4.78, 5) is 28.7. The molecule has 1 saturated heterocycles. The topological polar surface area (TPSA) is 106 Å². The lowest BCUT2D eigenvalue weighted by atomic mass is 9.54. The molecule has 2 N–H and O–H groups in total. The number of benzene rings is 3. The Morgan fingerprint density at radius 3 is 2.09 bits per heavy atom. The molecule has 4 atom stereocenters. The number of aliphatic hydroxyl groups is 1. The molecule has 53 heavy (non-hydrogen) atoms. The van der Waals surface area contributed by atoms with Gasteiger partial charge in [-0.05, 0) is 82.7 Å². The quantitative estimate of drug-likeness (QED) is 0.122. The van der Waals surface area contributed by atoms with Crippen LogP contribution in [-0.4, -0.2) is 49.8 Å². The molecule has 0 bridgehead atoms. The highest BCUT2D eigenvalue weighted by molar-refractivity contribution is 6.99. The molecule has 7 nitrogen and oxygen atoms in total. The Bertz CT molecular complexity index is 1970. The summed E-state index contributed by atoms with van der Waals surface area (Å²) in [7, 11) is -4.03. The predicted molar refractivity (Wildman–Crippen MR) is 211 cm³/mol. The van der Waals surface area contributed by atoms with Crippen molar-refractivity contribution in [3.8, 4) is 0 Å². The number of hydrogen-bond donors (Lipinski definition) is 2. The van der Waals surface area contributed by atoms with Crippen molar-refractivity contribution in [2.75, 3.05) is 6.61 Å². The predicted octanol–water partition coefficient (Wildman–Crippen LogP) is 7.43. The van der Waals surface area contributed by atoms with Crippen LogP contribution in [0.25, 0.3) is 6.08 Å². The van der Waals surface area contributed by atoms with Crippen LogP contribution in [0.1, 0.15) is 85.6 Å². The molecular weight excluding hydrogens is 679 g/mol. The second-order valence-electron chi connectivity index (χ2n) is 15.7. The Labute approximate surface area is 314 Å². The van der Waals surface area contributed by atoms with Crippen molar-refractivity contribution in [2.24, 2.45) is 17.8 Å². The number of ketones is 2. The highest BCUT2D eigenvalue weighted by Crippen LogP contribution is 2.51. The third-order valence-electron chi connectivity index (χ3n) is 11.6. The van der Waals surface area contributed by atoms with E-state index in [0.29, 0.717) is 41.9 Å². The van der Waals surface area contributed by atoms with Gasteiger partial charge in [-0.15, -0.1) is 0 Å². The first-order chi connectivity index (χ1) is 25.6. The average molecular weight is 729 g/mol. The summed E-state index contributed by atoms with van der Waals surface area (Å²) in [6.07, 6.45) is 4.21. The summed E-state index contributed by atoms with van der Waals surface area (Å²) in [5.41, 5.74) is 4.10. The number of Topliss-reactive ketones (excluding diaryl/α,β-unsaturated/α-hetero) is 2. The Kier molecular flexibility index (Phi) is 10.8. The van der Waals surface area contributed by atoms with Gasteiger partial charge in [0.2, 0.25) is 0 Å². The van der Waals surface area contributed by atoms with Crippen LogP contribution in [0.4, 0.5) is 0 Å². The van der Waals surface area contributed by atoms with Crippen LogP contribution < -0.4 is 10.4 Å². The molecule has 3 aromatic carbocycles. The van der Waals surface area contributed by atoms with Gasteiger partial charge in [0, 0.05) is 23.0 Å². The van der Waals surface area contributed by atoms with E-state index in [1.54, 1.807) is 18.2 Å². The second-order valence-corrected chi connectivity index (χ2v) is 20.0. The highest BCUT2D eigenvalue weighted by Gasteiger charge is 2.55. The number of aliphatic hydroxyl groups excluding tert-OH is 1. The normalized spacial score (nSPS) is 22.1. The number of rotatable bonds is 11. The average Bonchev–Trinajstić information content (AvgIpc) is 3.63. The summed E-state index contributed by atoms with van der Waals surface area (Å²) in [6.45, 7) is 8.97. The van der Waals surface area contributed by atoms with Crippen LogP contribution in [0.2, 0.25) is 11.4 Å². The molecule has 3 aliphatic rings. The van der Waals surface area contributed by atoms with Gasteiger partial charge in [-0.3, -0.25) is 9.59 Å². The minimum absolute atomic E-state index is 0.0124. The zero-order valence-electron chi connectivity index (χ0n) is 31.1. The summed E-state index contributed by atoms with van der Waals surface area (Å²) in [6, 6.07) is 31.8. The van der Waals surface area contributed by atoms with Gasteiger partial charge in [-0.1, -0.05) is 118 Å². The summed E-state index contributed by atoms with van der Waals surface area (Å²) in [5, 5.41) is 22.9. The lowest BCUT2D eigenvalue weighted by Crippen LogP contribution is -2.66. The fourth-order valence-corrected chi connectivity index (χ4v) is 13.7. The number of furan rings is 1. The van der Waals surface area contributed by atoms with E-state index in [9.17, 15) is 19.7 Å². The van der Waals surface area contributed by atoms with Crippen LogP contribution in [0.3, 0.4) is 0 Å². The molecule has 274 valence electrons. The summed E-state index contributed by atoms with van der Waals surface area (Å²) >= 11 is 0. The number of carbonyl (C=O) groups excluding carboxylic acids is 2. The third kappa shape index (κ3) is 7.01. The SMILES string of the molecule is CC/C(=C\c1ccc(CO)o1)CC[C@H]1OB(O)C[C@H]2C1=C(CO[Si](c1ccccc1)(c1ccccc1)C(C)(C)C)C[C@H]1C(=O)c3ccccc3C(=O)[C@H]12. The molecule has 2 aliphatic carbocycles. The molecular formula is C44H49BO7Si. The molecule has 1 aromatic heterocycles. The number of carbonyl (C=O) groups is 2. The van der Waals surface area contributed by atoms with E-state index in [2.05, 4.69) is 76.2 Å². The summed E-state index contributed by atoms with van der Waals surface area (Å²) < 4.78 is 19.7. The first-order valence-electron chi connectivity index (χ1n) is 18.9. The maximum Gasteiger partial charge on any atom is 0.455 e. The summed E-state index contributed by atoms with van der Waals surface area (Å²) in [5.74, 6) is -0.338. The lowest BCUT2D eigenvalue weighted by Gasteiger charge is -2.48. The van der Waals surface area contributed by atoms with Crippen molar-refractivity contribution < 1.29 is 33.2 Å². The molecule has 0 unspecified atom stereocenters. The van der Waals surface area contributed by atoms with Gasteiger partial charge in [0.15, 0.2) is 11.6 Å². The Morgan fingerprint density at radius 2 is 1.51 bits per heavy atom. The van der Waals surface area contributed by atoms with Gasteiger partial charge in [0.1, 0.15) is 18.1 Å². The molecule has 1 fully saturated rings. The number of allylic oxidation sites excluding steroid dienone is 1. The van der Waals surface area contributed by atoms with Crippen LogP contribution in [0, 0.1) is 17.8 Å². The standard InChI is InChI=1S/C44H49BO7Si/c1-5-29(24-31-21-22-32(27-46)51-31)20-23-39-40-30(28-50-53(44(2,3)4,33-14-8-6-9-15-33)34-16-10-7-11-17-34)25-37-41(38(40)26-45(49)52-39)43(48)36-19-13-12-18-35(36)42(37)47/h6-19,21-22,24,37-39,41,46,49H,5,20,23,25-28H2,1-4H3/b29-24+/t37-,38+,39-,41-/m1/s1. The van der Waals surface area contributed by atoms with Crippen molar-refractivity contribution >= 4 is 43.5 Å². The van der Waals surface area contributed by atoms with E-state index in [-0.39, 0.29) is 42.1 Å². The van der Waals surface area contributed by atoms with Crippen molar-refractivity contribution in [1.29, 1.82) is 0 Å². The maximum absolute atomic E-state index is 14.4. The fraction of sp³-hybridized carbons (Fsp3) is 0.364. The molecule has 0 spiro atoms. The van der Waals surface area contributed by atoms with E-state index >= 15 is 0 Å². The van der Waals surface area contributed by atoms with E-state index in [1.807, 2.05) is 36.4 Å². The lowest BCUT2D eigenvalue weighted by molar-refractivity contribution is 0.0591. The smallest absolute Gasteiger partial charge is 0.455 e. The largest absolute Gasteiger partial charge is 0.459 e. The Morgan fingerprint density at radius 1 is 0.887 bits per heavy atom. The van der Waals surface area contributed by atoms with Crippen molar-refractivity contribution in [1.82, 2.24) is 0 Å². The van der Waals surface area contributed by atoms with E-state index < -0.39 is 33.4 Å². The van der Waals surface area contributed by atoms with Crippen molar-refractivity contribution in [3.05, 3.63) is 136 Å². The zero-order valence-corrected chi connectivity index (χ0v) is 32.1.